The maximum atomic E-state index is 12.0. The van der Waals surface area contributed by atoms with Gasteiger partial charge in [-0.15, -0.1) is 0 Å². The highest BCUT2D eigenvalue weighted by Gasteiger charge is 2.28. The topological polar surface area (TPSA) is 95.9 Å². The van der Waals surface area contributed by atoms with Crippen molar-refractivity contribution in [3.05, 3.63) is 59.7 Å². The highest BCUT2D eigenvalue weighted by atomic mass is 16.5. The van der Waals surface area contributed by atoms with Gasteiger partial charge in [0.05, 0.1) is 19.1 Å². The van der Waals surface area contributed by atoms with Crippen molar-refractivity contribution in [3.8, 4) is 11.1 Å². The molecule has 2 aromatic rings. The van der Waals surface area contributed by atoms with Gasteiger partial charge in [-0.2, -0.15) is 0 Å². The molecule has 6 heteroatoms. The summed E-state index contributed by atoms with van der Waals surface area (Å²) in [6.07, 6.45) is 0.102. The first-order valence-corrected chi connectivity index (χ1v) is 9.49. The van der Waals surface area contributed by atoms with E-state index < -0.39 is 12.0 Å². The normalized spacial score (nSPS) is 12.5. The Morgan fingerprint density at radius 2 is 1.54 bits per heavy atom. The number of amides is 1. The first kappa shape index (κ1) is 20.0. The molecule has 0 bridgehead atoms. The van der Waals surface area contributed by atoms with Crippen molar-refractivity contribution in [2.45, 2.75) is 18.8 Å². The average Bonchev–Trinajstić information content (AvgIpc) is 3.04. The first-order valence-electron chi connectivity index (χ1n) is 9.49. The lowest BCUT2D eigenvalue weighted by Crippen LogP contribution is -2.28. The number of carbonyl (C=O) groups excluding carboxylic acids is 2. The van der Waals surface area contributed by atoms with Crippen LogP contribution in [0.4, 0.5) is 4.79 Å². The highest BCUT2D eigenvalue weighted by Crippen LogP contribution is 2.44. The molecule has 28 heavy (non-hydrogen) atoms. The summed E-state index contributed by atoms with van der Waals surface area (Å²) in [5, 5.41) is 20.6. The number of nitrogens with one attached hydrogen (secondary N) is 1. The molecule has 0 atom stereocenters. The number of aliphatic hydroxyl groups is 2. The Kier molecular flexibility index (Phi) is 6.79. The number of Topliss-reactive ketones (excluding diaryl/α,β-unsaturated/α-hetero) is 1. The van der Waals surface area contributed by atoms with E-state index in [0.717, 1.165) is 11.1 Å². The molecule has 1 aliphatic rings. The SMILES string of the molecule is O=C(NCCCC(=O)C(CO)CO)OCC1c2ccccc2-c2ccccc21. The van der Waals surface area contributed by atoms with Gasteiger partial charge in [-0.1, -0.05) is 48.5 Å². The second kappa shape index (κ2) is 9.48. The molecule has 1 aliphatic carbocycles. The first-order chi connectivity index (χ1) is 13.7. The lowest BCUT2D eigenvalue weighted by Gasteiger charge is -2.14. The van der Waals surface area contributed by atoms with Crippen LogP contribution in [0.15, 0.2) is 48.5 Å². The van der Waals surface area contributed by atoms with E-state index in [4.69, 9.17) is 14.9 Å². The Balaban J connectivity index is 1.48. The zero-order chi connectivity index (χ0) is 19.9. The molecule has 0 saturated heterocycles. The Bertz CT molecular complexity index is 786. The zero-order valence-electron chi connectivity index (χ0n) is 15.6. The molecule has 0 radical (unpaired) electrons. The number of alkyl carbamates (subject to hydrolysis) is 1. The molecule has 0 fully saturated rings. The van der Waals surface area contributed by atoms with Gasteiger partial charge in [0, 0.05) is 18.9 Å². The minimum atomic E-state index is -0.741. The van der Waals surface area contributed by atoms with Crippen molar-refractivity contribution < 1.29 is 24.5 Å². The van der Waals surface area contributed by atoms with Crippen molar-refractivity contribution in [1.29, 1.82) is 0 Å². The molecule has 0 heterocycles. The van der Waals surface area contributed by atoms with E-state index >= 15 is 0 Å². The van der Waals surface area contributed by atoms with Gasteiger partial charge in [0.2, 0.25) is 0 Å². The third kappa shape index (κ3) is 4.40. The number of ether oxygens (including phenoxy) is 1. The molecule has 0 spiro atoms. The second-order valence-corrected chi connectivity index (χ2v) is 6.88. The van der Waals surface area contributed by atoms with Gasteiger partial charge in [0.15, 0.2) is 0 Å². The fourth-order valence-electron chi connectivity index (χ4n) is 3.57. The third-order valence-electron chi connectivity index (χ3n) is 5.11. The smallest absolute Gasteiger partial charge is 0.407 e. The van der Waals surface area contributed by atoms with E-state index in [-0.39, 0.29) is 37.9 Å². The van der Waals surface area contributed by atoms with Crippen molar-refractivity contribution in [1.82, 2.24) is 5.32 Å². The standard InChI is InChI=1S/C22H25NO5/c24-12-15(13-25)21(26)10-5-11-23-22(27)28-14-20-18-8-3-1-6-16(18)17-7-2-4-9-19(17)20/h1-4,6-9,15,20,24-25H,5,10-14H2,(H,23,27). The van der Waals surface area contributed by atoms with Crippen molar-refractivity contribution in [3.63, 3.8) is 0 Å². The number of rotatable bonds is 9. The van der Waals surface area contributed by atoms with Crippen LogP contribution < -0.4 is 5.32 Å². The van der Waals surface area contributed by atoms with E-state index in [1.807, 2.05) is 24.3 Å². The minimum absolute atomic E-state index is 0.00888. The molecule has 0 aromatic heterocycles. The van der Waals surface area contributed by atoms with Crippen LogP contribution in [-0.2, 0) is 9.53 Å². The third-order valence-corrected chi connectivity index (χ3v) is 5.11. The minimum Gasteiger partial charge on any atom is -0.449 e. The zero-order valence-corrected chi connectivity index (χ0v) is 15.6. The largest absolute Gasteiger partial charge is 0.449 e. The number of carbonyl (C=O) groups is 2. The van der Waals surface area contributed by atoms with Gasteiger partial charge in [0.25, 0.3) is 0 Å². The molecule has 6 nitrogen and oxygen atoms in total. The van der Waals surface area contributed by atoms with Crippen LogP contribution in [0.25, 0.3) is 11.1 Å². The number of hydrogen-bond donors (Lipinski definition) is 3. The predicted molar refractivity (Wildman–Crippen MR) is 105 cm³/mol. The van der Waals surface area contributed by atoms with E-state index in [2.05, 4.69) is 29.6 Å². The Labute approximate surface area is 164 Å². The number of aliphatic hydroxyl groups excluding tert-OH is 2. The molecule has 3 rings (SSSR count). The summed E-state index contributed by atoms with van der Waals surface area (Å²) in [6.45, 7) is -0.188. The lowest BCUT2D eigenvalue weighted by molar-refractivity contribution is -0.125. The highest BCUT2D eigenvalue weighted by molar-refractivity contribution is 5.81. The molecule has 0 saturated carbocycles. The molecule has 0 aliphatic heterocycles. The fraction of sp³-hybridized carbons (Fsp3) is 0.364. The molecule has 1 amide bonds. The lowest BCUT2D eigenvalue weighted by atomic mass is 9.98. The summed E-state index contributed by atoms with van der Waals surface area (Å²) in [4.78, 5) is 23.7. The molecular weight excluding hydrogens is 358 g/mol. The monoisotopic (exact) mass is 383 g/mol. The molecule has 0 unspecified atom stereocenters. The maximum absolute atomic E-state index is 12.0. The van der Waals surface area contributed by atoms with Crippen molar-refractivity contribution >= 4 is 11.9 Å². The van der Waals surface area contributed by atoms with Gasteiger partial charge in [0.1, 0.15) is 12.4 Å². The van der Waals surface area contributed by atoms with Gasteiger partial charge < -0.3 is 20.3 Å². The number of hydrogen-bond acceptors (Lipinski definition) is 5. The van der Waals surface area contributed by atoms with Gasteiger partial charge in [-0.05, 0) is 28.7 Å². The maximum Gasteiger partial charge on any atom is 0.407 e. The average molecular weight is 383 g/mol. The fourth-order valence-corrected chi connectivity index (χ4v) is 3.57. The molecular formula is C22H25NO5. The number of benzene rings is 2. The van der Waals surface area contributed by atoms with Crippen LogP contribution >= 0.6 is 0 Å². The van der Waals surface area contributed by atoms with Crippen LogP contribution in [0.3, 0.4) is 0 Å². The van der Waals surface area contributed by atoms with Crippen LogP contribution in [-0.4, -0.2) is 48.5 Å². The summed E-state index contributed by atoms with van der Waals surface area (Å²) < 4.78 is 5.42. The van der Waals surface area contributed by atoms with Gasteiger partial charge in [-0.25, -0.2) is 4.79 Å². The van der Waals surface area contributed by atoms with Crippen LogP contribution in [0.5, 0.6) is 0 Å². The second-order valence-electron chi connectivity index (χ2n) is 6.88. The number of ketones is 1. The van der Waals surface area contributed by atoms with E-state index in [0.29, 0.717) is 13.0 Å². The Morgan fingerprint density at radius 1 is 0.964 bits per heavy atom. The van der Waals surface area contributed by atoms with Crippen LogP contribution in [0.2, 0.25) is 0 Å². The molecule has 148 valence electrons. The summed E-state index contributed by atoms with van der Waals surface area (Å²) in [7, 11) is 0. The van der Waals surface area contributed by atoms with Gasteiger partial charge >= 0.3 is 6.09 Å². The van der Waals surface area contributed by atoms with Crippen LogP contribution in [0, 0.1) is 5.92 Å². The van der Waals surface area contributed by atoms with E-state index in [9.17, 15) is 9.59 Å². The van der Waals surface area contributed by atoms with E-state index in [1.54, 1.807) is 0 Å². The molecule has 3 N–H and O–H groups in total. The summed E-state index contributed by atoms with van der Waals surface area (Å²) in [6, 6.07) is 16.3. The molecule has 2 aromatic carbocycles. The number of fused-ring (bicyclic) bond motifs is 3. The van der Waals surface area contributed by atoms with E-state index in [1.165, 1.54) is 11.1 Å². The summed E-state index contributed by atoms with van der Waals surface area (Å²) in [5.74, 6) is -0.941. The Hall–Kier alpha value is -2.70. The summed E-state index contributed by atoms with van der Waals surface area (Å²) in [5.41, 5.74) is 4.66. The predicted octanol–water partition coefficient (Wildman–Crippen LogP) is 2.48. The van der Waals surface area contributed by atoms with Crippen molar-refractivity contribution in [2.75, 3.05) is 26.4 Å². The Morgan fingerprint density at radius 3 is 2.11 bits per heavy atom. The van der Waals surface area contributed by atoms with Crippen LogP contribution in [0.1, 0.15) is 29.9 Å². The van der Waals surface area contributed by atoms with Gasteiger partial charge in [-0.3, -0.25) is 4.79 Å². The summed E-state index contributed by atoms with van der Waals surface area (Å²) >= 11 is 0. The quantitative estimate of drug-likeness (QED) is 0.578. The van der Waals surface area contributed by atoms with Crippen molar-refractivity contribution in [2.24, 2.45) is 5.92 Å².